The Morgan fingerprint density at radius 3 is 2.00 bits per heavy atom. The second kappa shape index (κ2) is 9.65. The fourth-order valence-corrected chi connectivity index (χ4v) is 7.11. The maximum Gasteiger partial charge on any atom is 0.0619 e. The Bertz CT molecular complexity index is 2560. The highest BCUT2D eigenvalue weighted by molar-refractivity contribution is 6.20. The van der Waals surface area contributed by atoms with Crippen molar-refractivity contribution in [3.05, 3.63) is 157 Å². The Hall–Kier alpha value is -5.73. The van der Waals surface area contributed by atoms with E-state index in [4.69, 9.17) is 0 Å². The van der Waals surface area contributed by atoms with Gasteiger partial charge in [0.25, 0.3) is 0 Å². The summed E-state index contributed by atoms with van der Waals surface area (Å²) in [5.74, 6) is 0. The van der Waals surface area contributed by atoms with Gasteiger partial charge in [0.15, 0.2) is 0 Å². The Morgan fingerprint density at radius 1 is 0.477 bits per heavy atom. The zero-order valence-electron chi connectivity index (χ0n) is 24.3. The highest BCUT2D eigenvalue weighted by Gasteiger charge is 2.17. The summed E-state index contributed by atoms with van der Waals surface area (Å²) in [6, 6.07) is 51.2. The minimum absolute atomic E-state index is 1.16. The molecule has 2 aromatic heterocycles. The second-order valence-electron chi connectivity index (χ2n) is 11.7. The van der Waals surface area contributed by atoms with Gasteiger partial charge in [-0.1, -0.05) is 103 Å². The van der Waals surface area contributed by atoms with Crippen LogP contribution in [0.1, 0.15) is 5.56 Å². The topological polar surface area (TPSA) is 17.8 Å². The number of aryl methyl sites for hydroxylation is 1. The fraction of sp³-hybridized carbons (Fsp3) is 0.0238. The highest BCUT2D eigenvalue weighted by atomic mass is 15.0. The molecule has 0 aliphatic carbocycles. The standard InChI is InChI=1S/C42H28N2/c1-27-26-43-22-21-33(27)29-15-18-35-30(23-29)17-20-39-38-19-16-31(25-41(38)44(42(35)39)32-10-3-2-4-11-32)40-24-28-9-5-6-12-34(28)36-13-7-8-14-37(36)40/h2-26H,1H3. The van der Waals surface area contributed by atoms with E-state index in [2.05, 4.69) is 156 Å². The van der Waals surface area contributed by atoms with Gasteiger partial charge < -0.3 is 4.57 Å². The lowest BCUT2D eigenvalue weighted by Gasteiger charge is -2.13. The van der Waals surface area contributed by atoms with Crippen LogP contribution in [0.15, 0.2) is 152 Å². The molecule has 0 bridgehead atoms. The Morgan fingerprint density at radius 2 is 1.16 bits per heavy atom. The van der Waals surface area contributed by atoms with Crippen LogP contribution in [0.4, 0.5) is 0 Å². The van der Waals surface area contributed by atoms with Gasteiger partial charge in [-0.3, -0.25) is 4.98 Å². The molecule has 0 amide bonds. The minimum Gasteiger partial charge on any atom is -0.309 e. The normalized spacial score (nSPS) is 11.8. The number of hydrogen-bond acceptors (Lipinski definition) is 1. The molecule has 2 nitrogen and oxygen atoms in total. The van der Waals surface area contributed by atoms with Crippen molar-refractivity contribution in [1.82, 2.24) is 9.55 Å². The van der Waals surface area contributed by atoms with Crippen molar-refractivity contribution in [3.63, 3.8) is 0 Å². The summed E-state index contributed by atoms with van der Waals surface area (Å²) in [6.45, 7) is 2.12. The zero-order valence-corrected chi connectivity index (χ0v) is 24.3. The van der Waals surface area contributed by atoms with Gasteiger partial charge in [0.05, 0.1) is 11.0 Å². The molecule has 0 radical (unpaired) electrons. The molecule has 0 aliphatic heterocycles. The molecule has 2 heterocycles. The largest absolute Gasteiger partial charge is 0.309 e. The first-order valence-corrected chi connectivity index (χ1v) is 15.1. The summed E-state index contributed by atoms with van der Waals surface area (Å²) in [6.07, 6.45) is 3.81. The Labute approximate surface area is 255 Å². The predicted octanol–water partition coefficient (Wildman–Crippen LogP) is 11.3. The minimum atomic E-state index is 1.16. The van der Waals surface area contributed by atoms with Crippen LogP contribution in [0.5, 0.6) is 0 Å². The molecule has 9 rings (SSSR count). The number of aromatic nitrogens is 2. The summed E-state index contributed by atoms with van der Waals surface area (Å²) in [5.41, 5.74) is 9.70. The van der Waals surface area contributed by atoms with Crippen LogP contribution in [-0.2, 0) is 0 Å². The highest BCUT2D eigenvalue weighted by Crippen LogP contribution is 2.41. The van der Waals surface area contributed by atoms with Crippen LogP contribution in [0.2, 0.25) is 0 Å². The number of hydrogen-bond donors (Lipinski definition) is 0. The second-order valence-corrected chi connectivity index (χ2v) is 11.7. The van der Waals surface area contributed by atoms with Crippen molar-refractivity contribution in [2.75, 3.05) is 0 Å². The number of fused-ring (bicyclic) bond motifs is 8. The summed E-state index contributed by atoms with van der Waals surface area (Å²) >= 11 is 0. The molecule has 44 heavy (non-hydrogen) atoms. The van der Waals surface area contributed by atoms with E-state index >= 15 is 0 Å². The molecule has 206 valence electrons. The predicted molar refractivity (Wildman–Crippen MR) is 187 cm³/mol. The molecule has 0 saturated heterocycles. The van der Waals surface area contributed by atoms with Gasteiger partial charge in [-0.15, -0.1) is 0 Å². The molecule has 0 aliphatic rings. The first kappa shape index (κ1) is 24.8. The lowest BCUT2D eigenvalue weighted by Crippen LogP contribution is -1.94. The lowest BCUT2D eigenvalue weighted by atomic mass is 9.93. The van der Waals surface area contributed by atoms with Crippen LogP contribution < -0.4 is 0 Å². The van der Waals surface area contributed by atoms with Gasteiger partial charge in [-0.2, -0.15) is 0 Å². The summed E-state index contributed by atoms with van der Waals surface area (Å²) in [4.78, 5) is 4.30. The van der Waals surface area contributed by atoms with Gasteiger partial charge in [-0.25, -0.2) is 0 Å². The van der Waals surface area contributed by atoms with Gasteiger partial charge >= 0.3 is 0 Å². The SMILES string of the molecule is Cc1cnccc1-c1ccc2c(ccc3c4ccc(-c5cc6ccccc6c6ccccc56)cc4n(-c4ccccc4)c23)c1. The number of rotatable bonds is 3. The van der Waals surface area contributed by atoms with Crippen molar-refractivity contribution in [3.8, 4) is 27.9 Å². The van der Waals surface area contributed by atoms with E-state index in [1.54, 1.807) is 0 Å². The van der Waals surface area contributed by atoms with Crippen molar-refractivity contribution in [1.29, 1.82) is 0 Å². The molecule has 0 unspecified atom stereocenters. The van der Waals surface area contributed by atoms with E-state index in [-0.39, 0.29) is 0 Å². The third-order valence-corrected chi connectivity index (χ3v) is 9.17. The first-order valence-electron chi connectivity index (χ1n) is 15.1. The van der Waals surface area contributed by atoms with Crippen LogP contribution >= 0.6 is 0 Å². The smallest absolute Gasteiger partial charge is 0.0619 e. The molecule has 9 aromatic rings. The van der Waals surface area contributed by atoms with Crippen LogP contribution in [0, 0.1) is 6.92 Å². The van der Waals surface area contributed by atoms with E-state index in [9.17, 15) is 0 Å². The molecule has 0 atom stereocenters. The van der Waals surface area contributed by atoms with E-state index < -0.39 is 0 Å². The van der Waals surface area contributed by atoms with Crippen molar-refractivity contribution < 1.29 is 0 Å². The molecular formula is C42H28N2. The van der Waals surface area contributed by atoms with Crippen molar-refractivity contribution >= 4 is 54.1 Å². The number of benzene rings is 7. The van der Waals surface area contributed by atoms with Gasteiger partial charge in [-0.05, 0) is 98.1 Å². The maximum absolute atomic E-state index is 4.30. The summed E-state index contributed by atoms with van der Waals surface area (Å²) < 4.78 is 2.46. The third kappa shape index (κ3) is 3.71. The van der Waals surface area contributed by atoms with Crippen LogP contribution in [0.25, 0.3) is 82.1 Å². The molecular weight excluding hydrogens is 532 g/mol. The molecule has 0 saturated carbocycles. The molecule has 2 heteroatoms. The fourth-order valence-electron chi connectivity index (χ4n) is 7.11. The van der Waals surface area contributed by atoms with Gasteiger partial charge in [0, 0.05) is 34.2 Å². The van der Waals surface area contributed by atoms with Gasteiger partial charge in [0.2, 0.25) is 0 Å². The van der Waals surface area contributed by atoms with Gasteiger partial charge in [0.1, 0.15) is 0 Å². The quantitative estimate of drug-likeness (QED) is 0.197. The average Bonchev–Trinajstić information content (AvgIpc) is 3.42. The monoisotopic (exact) mass is 560 g/mol. The van der Waals surface area contributed by atoms with Crippen molar-refractivity contribution in [2.45, 2.75) is 6.92 Å². The third-order valence-electron chi connectivity index (χ3n) is 9.17. The zero-order chi connectivity index (χ0) is 29.2. The van der Waals surface area contributed by atoms with Crippen LogP contribution in [-0.4, -0.2) is 9.55 Å². The van der Waals surface area contributed by atoms with Crippen molar-refractivity contribution in [2.24, 2.45) is 0 Å². The molecule has 0 spiro atoms. The van der Waals surface area contributed by atoms with E-state index in [0.717, 1.165) is 5.69 Å². The van der Waals surface area contributed by atoms with Crippen LogP contribution in [0.3, 0.4) is 0 Å². The Balaban J connectivity index is 1.35. The van der Waals surface area contributed by atoms with E-state index in [0.29, 0.717) is 0 Å². The average molecular weight is 561 g/mol. The maximum atomic E-state index is 4.30. The summed E-state index contributed by atoms with van der Waals surface area (Å²) in [5, 5.41) is 10.1. The number of para-hydroxylation sites is 1. The molecule has 0 fully saturated rings. The van der Waals surface area contributed by atoms with E-state index in [1.807, 2.05) is 12.4 Å². The first-order chi connectivity index (χ1) is 21.7. The molecule has 7 aromatic carbocycles. The number of pyridine rings is 1. The van der Waals surface area contributed by atoms with E-state index in [1.165, 1.54) is 81.9 Å². The lowest BCUT2D eigenvalue weighted by molar-refractivity contribution is 1.19. The summed E-state index contributed by atoms with van der Waals surface area (Å²) in [7, 11) is 0. The Kier molecular flexibility index (Phi) is 5.45. The molecule has 0 N–H and O–H groups in total. The number of nitrogens with zero attached hydrogens (tertiary/aromatic N) is 2.